The molecule has 0 nitrogen and oxygen atoms in total. The Morgan fingerprint density at radius 2 is 2.12 bits per heavy atom. The zero-order chi connectivity index (χ0) is 6.24. The topological polar surface area (TPSA) is 0 Å². The summed E-state index contributed by atoms with van der Waals surface area (Å²) < 4.78 is 0. The van der Waals surface area contributed by atoms with Gasteiger partial charge in [0.1, 0.15) is 0 Å². The molecule has 1 rings (SSSR count). The smallest absolute Gasteiger partial charge is 0.0442 e. The second kappa shape index (κ2) is 8.28. The van der Waals surface area contributed by atoms with Crippen LogP contribution >= 0.6 is 38.6 Å². The van der Waals surface area contributed by atoms with Crippen LogP contribution in [0.3, 0.4) is 0 Å². The van der Waals surface area contributed by atoms with Gasteiger partial charge in [0.2, 0.25) is 0 Å². The summed E-state index contributed by atoms with van der Waals surface area (Å²) in [7, 11) is 0. The predicted octanol–water partition coefficient (Wildman–Crippen LogP) is 3.24. The van der Waals surface area contributed by atoms with Gasteiger partial charge in [-0.25, -0.2) is 0 Å². The summed E-state index contributed by atoms with van der Waals surface area (Å²) in [4.78, 5) is 0. The first kappa shape index (κ1) is 9.28. The summed E-state index contributed by atoms with van der Waals surface area (Å²) >= 11 is 7.84. The van der Waals surface area contributed by atoms with Gasteiger partial charge >= 0.3 is 40.5 Å². The van der Waals surface area contributed by atoms with Crippen LogP contribution in [0.2, 0.25) is 0 Å². The van der Waals surface area contributed by atoms with Crippen molar-refractivity contribution in [2.45, 2.75) is 0 Å². The molecule has 0 aliphatic heterocycles. The summed E-state index contributed by atoms with van der Waals surface area (Å²) in [6.45, 7) is 0. The van der Waals surface area contributed by atoms with Gasteiger partial charge in [-0.05, 0) is 11.4 Å². The third-order valence-electron chi connectivity index (χ3n) is 0.379. The van der Waals surface area contributed by atoms with Crippen molar-refractivity contribution in [3.05, 3.63) is 22.9 Å². The van der Waals surface area contributed by atoms with Gasteiger partial charge in [0.15, 0.2) is 0 Å². The van der Waals surface area contributed by atoms with E-state index in [0.717, 1.165) is 0 Å². The first-order valence-corrected chi connectivity index (χ1v) is 16.7. The van der Waals surface area contributed by atoms with Crippen molar-refractivity contribution in [2.75, 3.05) is 0 Å². The molecule has 1 heterocycles. The van der Waals surface area contributed by atoms with E-state index >= 15 is 0 Å². The van der Waals surface area contributed by atoms with Gasteiger partial charge in [-0.1, -0.05) is 6.07 Å². The average molecular weight is 308 g/mol. The SMILES string of the molecule is [Br][Zn][Br].[c]1cccs1. The molecule has 1 aromatic rings. The first-order valence-electron chi connectivity index (χ1n) is 1.93. The largest absolute Gasteiger partial charge is 0.143 e. The molecule has 0 amide bonds. The fourth-order valence-electron chi connectivity index (χ4n) is 0.196. The van der Waals surface area contributed by atoms with E-state index in [-0.39, 0.29) is 13.2 Å². The van der Waals surface area contributed by atoms with E-state index in [1.807, 2.05) is 17.5 Å². The zero-order valence-electron chi connectivity index (χ0n) is 4.10. The van der Waals surface area contributed by atoms with Crippen LogP contribution < -0.4 is 0 Å². The summed E-state index contributed by atoms with van der Waals surface area (Å²) in [5.74, 6) is 0. The maximum atomic E-state index is 3.25. The molecule has 1 aromatic heterocycles. The van der Waals surface area contributed by atoms with Crippen LogP contribution in [0.4, 0.5) is 0 Å². The molecule has 0 fully saturated rings. The molecule has 0 aliphatic carbocycles. The fraction of sp³-hybridized carbons (Fsp3) is 0. The van der Waals surface area contributed by atoms with Gasteiger partial charge in [-0.15, -0.1) is 11.3 Å². The number of hydrogen-bond donors (Lipinski definition) is 0. The van der Waals surface area contributed by atoms with Gasteiger partial charge in [-0.2, -0.15) is 0 Å². The Morgan fingerprint density at radius 3 is 2.25 bits per heavy atom. The van der Waals surface area contributed by atoms with Gasteiger partial charge in [0, 0.05) is 5.38 Å². The van der Waals surface area contributed by atoms with Crippen LogP contribution in [-0.4, -0.2) is 0 Å². The molecule has 0 saturated heterocycles. The minimum atomic E-state index is -0.250. The van der Waals surface area contributed by atoms with E-state index in [0.29, 0.717) is 0 Å². The van der Waals surface area contributed by atoms with E-state index in [1.165, 1.54) is 0 Å². The van der Waals surface area contributed by atoms with Crippen molar-refractivity contribution in [1.29, 1.82) is 0 Å². The standard InChI is InChI=1S/C4H3S.2BrH.Zn/c1-2-4-5-3-1;;;/h1-3H;2*1H;/q;;;+2/p-2. The van der Waals surface area contributed by atoms with E-state index in [9.17, 15) is 0 Å². The fourth-order valence-corrected chi connectivity index (χ4v) is 0.589. The van der Waals surface area contributed by atoms with Crippen LogP contribution in [-0.2, 0) is 13.2 Å². The molecule has 0 unspecified atom stereocenters. The zero-order valence-corrected chi connectivity index (χ0v) is 11.1. The molecule has 4 heteroatoms. The average Bonchev–Trinajstić information content (AvgIpc) is 2.17. The summed E-state index contributed by atoms with van der Waals surface area (Å²) in [5, 5.41) is 4.89. The Hall–Kier alpha value is 1.28. The van der Waals surface area contributed by atoms with E-state index in [4.69, 9.17) is 0 Å². The van der Waals surface area contributed by atoms with Crippen LogP contribution in [0.15, 0.2) is 17.5 Å². The summed E-state index contributed by atoms with van der Waals surface area (Å²) in [5.41, 5.74) is 0. The minimum absolute atomic E-state index is 0.250. The Balaban J connectivity index is 0.000000145. The first-order chi connectivity index (χ1) is 3.91. The molecule has 0 saturated carbocycles. The van der Waals surface area contributed by atoms with Crippen molar-refractivity contribution in [3.63, 3.8) is 0 Å². The van der Waals surface area contributed by atoms with E-state index in [1.54, 1.807) is 11.3 Å². The molecule has 8 heavy (non-hydrogen) atoms. The Bertz CT molecular complexity index is 80.9. The number of rotatable bonds is 0. The molecule has 0 atom stereocenters. The maximum Gasteiger partial charge on any atom is 0.0442 e. The Morgan fingerprint density at radius 1 is 1.50 bits per heavy atom. The molecular formula is C4H3Br2SZn. The number of halogens is 2. The van der Waals surface area contributed by atoms with Crippen LogP contribution in [0.25, 0.3) is 0 Å². The van der Waals surface area contributed by atoms with Gasteiger partial charge < -0.3 is 0 Å². The van der Waals surface area contributed by atoms with Crippen molar-refractivity contribution >= 4 is 38.6 Å². The van der Waals surface area contributed by atoms with Crippen molar-refractivity contribution in [2.24, 2.45) is 0 Å². The predicted molar refractivity (Wildman–Crippen MR) is 41.0 cm³/mol. The van der Waals surface area contributed by atoms with Crippen LogP contribution in [0.1, 0.15) is 0 Å². The second-order valence-electron chi connectivity index (χ2n) is 0.832. The molecule has 0 N–H and O–H groups in total. The minimum Gasteiger partial charge on any atom is -0.143 e. The third-order valence-corrected chi connectivity index (χ3v) is 0.944. The van der Waals surface area contributed by atoms with E-state index < -0.39 is 0 Å². The normalized spacial score (nSPS) is 6.25. The van der Waals surface area contributed by atoms with Crippen LogP contribution in [0, 0.1) is 5.38 Å². The molecule has 1 radical (unpaired) electrons. The van der Waals surface area contributed by atoms with Gasteiger partial charge in [0.25, 0.3) is 0 Å². The molecule has 0 bridgehead atoms. The maximum absolute atomic E-state index is 3.25. The van der Waals surface area contributed by atoms with Crippen molar-refractivity contribution in [1.82, 2.24) is 0 Å². The molecule has 0 aliphatic rings. The number of hydrogen-bond acceptors (Lipinski definition) is 1. The van der Waals surface area contributed by atoms with Crippen molar-refractivity contribution in [3.8, 4) is 0 Å². The van der Waals surface area contributed by atoms with Gasteiger partial charge in [-0.3, -0.25) is 0 Å². The quantitative estimate of drug-likeness (QED) is 0.646. The second-order valence-corrected chi connectivity index (χ2v) is 15.6. The van der Waals surface area contributed by atoms with Crippen molar-refractivity contribution < 1.29 is 13.2 Å². The third kappa shape index (κ3) is 7.28. The Labute approximate surface area is 74.0 Å². The monoisotopic (exact) mass is 305 g/mol. The summed E-state index contributed by atoms with van der Waals surface area (Å²) in [6, 6.07) is 3.86. The van der Waals surface area contributed by atoms with Crippen LogP contribution in [0.5, 0.6) is 0 Å². The Kier molecular flexibility index (Phi) is 9.61. The molecule has 41 valence electrons. The molecule has 0 spiro atoms. The number of thiophene rings is 1. The molecule has 0 aromatic carbocycles. The van der Waals surface area contributed by atoms with E-state index in [2.05, 4.69) is 32.6 Å². The molecular weight excluding hydrogens is 305 g/mol. The van der Waals surface area contributed by atoms with Gasteiger partial charge in [0.05, 0.1) is 0 Å². The summed E-state index contributed by atoms with van der Waals surface area (Å²) in [6.07, 6.45) is 0.